The fourth-order valence-corrected chi connectivity index (χ4v) is 2.39. The first-order valence-corrected chi connectivity index (χ1v) is 7.35. The van der Waals surface area contributed by atoms with E-state index in [-0.39, 0.29) is 6.04 Å². The van der Waals surface area contributed by atoms with Gasteiger partial charge in [0, 0.05) is 6.04 Å². The van der Waals surface area contributed by atoms with Crippen molar-refractivity contribution >= 4 is 21.8 Å². The van der Waals surface area contributed by atoms with Gasteiger partial charge in [-0.05, 0) is 59.7 Å². The smallest absolute Gasteiger partial charge is 0.252 e. The fraction of sp³-hybridized carbons (Fsp3) is 0.188. The number of ether oxygens (including phenoxy) is 1. The maximum absolute atomic E-state index is 11.4. The van der Waals surface area contributed by atoms with Crippen molar-refractivity contribution in [2.24, 2.45) is 5.73 Å². The summed E-state index contributed by atoms with van der Waals surface area (Å²) in [6, 6.07) is 13.0. The first kappa shape index (κ1) is 15.5. The van der Waals surface area contributed by atoms with Crippen LogP contribution in [0.2, 0.25) is 0 Å². The Balaban J connectivity index is 2.31. The van der Waals surface area contributed by atoms with Crippen molar-refractivity contribution in [3.05, 3.63) is 58.1 Å². The summed E-state index contributed by atoms with van der Waals surface area (Å²) >= 11 is 3.49. The van der Waals surface area contributed by atoms with E-state index in [0.717, 1.165) is 10.0 Å². The van der Waals surface area contributed by atoms with E-state index in [0.29, 0.717) is 17.1 Å². The molecule has 0 saturated heterocycles. The summed E-state index contributed by atoms with van der Waals surface area (Å²) in [6.07, 6.45) is 0. The van der Waals surface area contributed by atoms with Gasteiger partial charge in [0.05, 0.1) is 10.0 Å². The highest BCUT2D eigenvalue weighted by atomic mass is 79.9. The van der Waals surface area contributed by atoms with Gasteiger partial charge in [-0.1, -0.05) is 18.2 Å². The molecule has 0 spiro atoms. The van der Waals surface area contributed by atoms with E-state index in [2.05, 4.69) is 28.2 Å². The molecule has 2 rings (SSSR count). The molecule has 4 nitrogen and oxygen atoms in total. The molecule has 0 aliphatic rings. The predicted octanol–water partition coefficient (Wildman–Crippen LogP) is 3.62. The van der Waals surface area contributed by atoms with E-state index in [4.69, 9.17) is 10.5 Å². The van der Waals surface area contributed by atoms with Crippen molar-refractivity contribution in [1.29, 1.82) is 0 Å². The second-order valence-electron chi connectivity index (χ2n) is 4.66. The molecule has 110 valence electrons. The number of carbonyl (C=O) groups excluding carboxylic acids is 1. The number of halogens is 1. The molecule has 1 amide bonds. The summed E-state index contributed by atoms with van der Waals surface area (Å²) in [7, 11) is 1.91. The SMILES string of the molecule is CNC(C)c1ccc(Oc2ccccc2C(N)=O)c(Br)c1. The number of nitrogens with two attached hydrogens (primary N) is 1. The van der Waals surface area contributed by atoms with Crippen LogP contribution in [0.15, 0.2) is 46.9 Å². The largest absolute Gasteiger partial charge is 0.455 e. The molecule has 0 fully saturated rings. The molecule has 2 aromatic rings. The lowest BCUT2D eigenvalue weighted by Crippen LogP contribution is -2.12. The standard InChI is InChI=1S/C16H17BrN2O2/c1-10(19-2)11-7-8-15(13(17)9-11)21-14-6-4-3-5-12(14)16(18)20/h3-10,19H,1-2H3,(H2,18,20). The average molecular weight is 349 g/mol. The predicted molar refractivity (Wildman–Crippen MR) is 86.7 cm³/mol. The molecule has 0 aliphatic heterocycles. The lowest BCUT2D eigenvalue weighted by molar-refractivity contribution is 0.0998. The molecular weight excluding hydrogens is 332 g/mol. The Hall–Kier alpha value is -1.85. The maximum atomic E-state index is 11.4. The number of amides is 1. The second kappa shape index (κ2) is 6.74. The minimum Gasteiger partial charge on any atom is -0.455 e. The van der Waals surface area contributed by atoms with Crippen molar-refractivity contribution in [2.75, 3.05) is 7.05 Å². The summed E-state index contributed by atoms with van der Waals surface area (Å²) in [6.45, 7) is 2.07. The minimum atomic E-state index is -0.512. The Kier molecular flexibility index (Phi) is 4.98. The van der Waals surface area contributed by atoms with Crippen LogP contribution in [0.3, 0.4) is 0 Å². The third-order valence-corrected chi connectivity index (χ3v) is 3.88. The zero-order chi connectivity index (χ0) is 15.4. The molecule has 0 heterocycles. The van der Waals surface area contributed by atoms with Crippen molar-refractivity contribution in [2.45, 2.75) is 13.0 Å². The molecule has 0 aromatic heterocycles. The van der Waals surface area contributed by atoms with Gasteiger partial charge >= 0.3 is 0 Å². The summed E-state index contributed by atoms with van der Waals surface area (Å²) < 4.78 is 6.62. The number of rotatable bonds is 5. The number of nitrogens with one attached hydrogen (secondary N) is 1. The summed E-state index contributed by atoms with van der Waals surface area (Å²) in [5.74, 6) is 0.568. The van der Waals surface area contributed by atoms with Crippen LogP contribution in [0.1, 0.15) is 28.9 Å². The summed E-state index contributed by atoms with van der Waals surface area (Å²) in [4.78, 5) is 11.4. The van der Waals surface area contributed by atoms with Gasteiger partial charge in [0.25, 0.3) is 5.91 Å². The van der Waals surface area contributed by atoms with Gasteiger partial charge in [-0.2, -0.15) is 0 Å². The number of hydrogen-bond donors (Lipinski definition) is 2. The van der Waals surface area contributed by atoms with Gasteiger partial charge in [-0.15, -0.1) is 0 Å². The van der Waals surface area contributed by atoms with Gasteiger partial charge < -0.3 is 15.8 Å². The maximum Gasteiger partial charge on any atom is 0.252 e. The van der Waals surface area contributed by atoms with Crippen LogP contribution < -0.4 is 15.8 Å². The second-order valence-corrected chi connectivity index (χ2v) is 5.52. The third kappa shape index (κ3) is 3.62. The van der Waals surface area contributed by atoms with E-state index in [1.807, 2.05) is 25.2 Å². The highest BCUT2D eigenvalue weighted by Crippen LogP contribution is 2.33. The molecule has 1 unspecified atom stereocenters. The average Bonchev–Trinajstić information content (AvgIpc) is 2.48. The van der Waals surface area contributed by atoms with Crippen LogP contribution in [0, 0.1) is 0 Å². The molecule has 3 N–H and O–H groups in total. The first-order chi connectivity index (χ1) is 10.0. The number of benzene rings is 2. The Bertz CT molecular complexity index is 658. The molecule has 0 bridgehead atoms. The quantitative estimate of drug-likeness (QED) is 0.867. The van der Waals surface area contributed by atoms with Crippen LogP contribution in [0.25, 0.3) is 0 Å². The number of hydrogen-bond acceptors (Lipinski definition) is 3. The summed E-state index contributed by atoms with van der Waals surface area (Å²) in [5.41, 5.74) is 6.85. The highest BCUT2D eigenvalue weighted by molar-refractivity contribution is 9.10. The van der Waals surface area contributed by atoms with Crippen LogP contribution >= 0.6 is 15.9 Å². The lowest BCUT2D eigenvalue weighted by atomic mass is 10.1. The molecule has 2 aromatic carbocycles. The molecule has 1 atom stereocenters. The monoisotopic (exact) mass is 348 g/mol. The minimum absolute atomic E-state index is 0.244. The van der Waals surface area contributed by atoms with Gasteiger partial charge in [0.2, 0.25) is 0 Å². The van der Waals surface area contributed by atoms with E-state index in [1.165, 1.54) is 0 Å². The molecule has 0 saturated carbocycles. The van der Waals surface area contributed by atoms with Crippen molar-refractivity contribution < 1.29 is 9.53 Å². The fourth-order valence-electron chi connectivity index (χ4n) is 1.91. The Morgan fingerprint density at radius 3 is 2.57 bits per heavy atom. The van der Waals surface area contributed by atoms with Crippen LogP contribution in [0.5, 0.6) is 11.5 Å². The molecular formula is C16H17BrN2O2. The van der Waals surface area contributed by atoms with Crippen LogP contribution in [-0.4, -0.2) is 13.0 Å². The van der Waals surface area contributed by atoms with Crippen molar-refractivity contribution in [1.82, 2.24) is 5.32 Å². The topological polar surface area (TPSA) is 64.3 Å². The first-order valence-electron chi connectivity index (χ1n) is 6.56. The lowest BCUT2D eigenvalue weighted by Gasteiger charge is -2.14. The number of para-hydroxylation sites is 1. The summed E-state index contributed by atoms with van der Waals surface area (Å²) in [5, 5.41) is 3.18. The third-order valence-electron chi connectivity index (χ3n) is 3.26. The van der Waals surface area contributed by atoms with E-state index in [9.17, 15) is 4.79 Å². The normalized spacial score (nSPS) is 12.0. The molecule has 0 radical (unpaired) electrons. The zero-order valence-corrected chi connectivity index (χ0v) is 13.5. The molecule has 21 heavy (non-hydrogen) atoms. The highest BCUT2D eigenvalue weighted by Gasteiger charge is 2.12. The molecule has 0 aliphatic carbocycles. The Labute approximate surface area is 132 Å². The van der Waals surface area contributed by atoms with Crippen LogP contribution in [-0.2, 0) is 0 Å². The van der Waals surface area contributed by atoms with E-state index in [1.54, 1.807) is 24.3 Å². The van der Waals surface area contributed by atoms with Crippen molar-refractivity contribution in [3.63, 3.8) is 0 Å². The van der Waals surface area contributed by atoms with E-state index < -0.39 is 5.91 Å². The van der Waals surface area contributed by atoms with E-state index >= 15 is 0 Å². The van der Waals surface area contributed by atoms with Gasteiger partial charge in [-0.25, -0.2) is 0 Å². The number of primary amides is 1. The Morgan fingerprint density at radius 1 is 1.24 bits per heavy atom. The van der Waals surface area contributed by atoms with Crippen LogP contribution in [0.4, 0.5) is 0 Å². The van der Waals surface area contributed by atoms with Gasteiger partial charge in [0.1, 0.15) is 11.5 Å². The van der Waals surface area contributed by atoms with Gasteiger partial charge in [0.15, 0.2) is 0 Å². The molecule has 5 heteroatoms. The zero-order valence-electron chi connectivity index (χ0n) is 11.9. The Morgan fingerprint density at radius 2 is 1.95 bits per heavy atom. The van der Waals surface area contributed by atoms with Crippen molar-refractivity contribution in [3.8, 4) is 11.5 Å². The van der Waals surface area contributed by atoms with Gasteiger partial charge in [-0.3, -0.25) is 4.79 Å². The number of carbonyl (C=O) groups is 1.